The standard InChI is InChI=1S/C101H168O16P2/c1-4-7-10-13-16-19-22-25-28-31-34-36-38-40-42-44-46-47-49-51-52-54-56-58-61-63-66-69-72-75-78-81-84-87-99(104)111-90-96(102)91-113-118(107,108)114-92-97(103)93-115-119(109,110)116-95-98(117-101(106)89-86-83-80-77-74-71-68-65-60-33-30-27-24-21-18-15-12-9-6-3)94-112-100(105)88-85-82-79-76-73-70-67-64-62-59-57-55-53-50-48-45-43-41-39-37-35-32-29-26-23-20-17-14-11-8-5-2/h7,9-10,12,16-21,25-30,34-37,40-43,46-47,60,65,71,74,80,83,96-98,102-103H,4-6,8,11,13-15,22-24,31-33,38-39,44-45,48-59,61-64,66-70,72-73,75-79,81-82,84-95H2,1-3H3,(H,107,108)(H,109,110)/b10-7-,12-9-,19-16-,20-17-,21-18-,28-25-,29-26-,30-27-,36-34-,37-35-,42-40-,43-41-,47-46-,65-60-,74-71-,83-80-. The van der Waals surface area contributed by atoms with Crippen molar-refractivity contribution in [2.24, 2.45) is 0 Å². The third kappa shape index (κ3) is 92.9. The van der Waals surface area contributed by atoms with Gasteiger partial charge in [-0.15, -0.1) is 0 Å². The summed E-state index contributed by atoms with van der Waals surface area (Å²) in [5.74, 6) is -1.67. The number of ether oxygens (including phenoxy) is 3. The van der Waals surface area contributed by atoms with Crippen LogP contribution in [0.5, 0.6) is 0 Å². The van der Waals surface area contributed by atoms with Crippen molar-refractivity contribution >= 4 is 33.6 Å². The zero-order valence-corrected chi connectivity index (χ0v) is 76.5. The Bertz CT molecular complexity index is 2940. The number of hydrogen-bond acceptors (Lipinski definition) is 14. The van der Waals surface area contributed by atoms with Crippen LogP contribution in [0.4, 0.5) is 0 Å². The van der Waals surface area contributed by atoms with Crippen LogP contribution < -0.4 is 0 Å². The van der Waals surface area contributed by atoms with Crippen LogP contribution in [0, 0.1) is 0 Å². The predicted molar refractivity (Wildman–Crippen MR) is 500 cm³/mol. The molecule has 0 bridgehead atoms. The number of unbranched alkanes of at least 4 members (excludes halogenated alkanes) is 32. The maximum absolute atomic E-state index is 13.0. The Balaban J connectivity index is 4.58. The van der Waals surface area contributed by atoms with Crippen molar-refractivity contribution in [2.75, 3.05) is 39.6 Å². The predicted octanol–water partition coefficient (Wildman–Crippen LogP) is 29.0. The maximum atomic E-state index is 13.0. The van der Waals surface area contributed by atoms with Crippen molar-refractivity contribution in [3.05, 3.63) is 194 Å². The van der Waals surface area contributed by atoms with Gasteiger partial charge in [0.15, 0.2) is 6.10 Å². The molecule has 0 aromatic carbocycles. The summed E-state index contributed by atoms with van der Waals surface area (Å²) in [6, 6.07) is 0. The van der Waals surface area contributed by atoms with E-state index < -0.39 is 91.5 Å². The molecular weight excluding hydrogens is 1530 g/mol. The fraction of sp³-hybridized carbons (Fsp3) is 0.653. The largest absolute Gasteiger partial charge is 0.472 e. The van der Waals surface area contributed by atoms with Gasteiger partial charge in [-0.05, 0) is 154 Å². The number of aliphatic hydroxyl groups is 2. The van der Waals surface area contributed by atoms with Crippen LogP contribution in [0.1, 0.15) is 367 Å². The highest BCUT2D eigenvalue weighted by atomic mass is 31.2. The second-order valence-electron chi connectivity index (χ2n) is 30.7. The van der Waals surface area contributed by atoms with Crippen LogP contribution in [0.25, 0.3) is 0 Å². The van der Waals surface area contributed by atoms with Crippen molar-refractivity contribution in [1.29, 1.82) is 0 Å². The number of rotatable bonds is 87. The number of esters is 3. The van der Waals surface area contributed by atoms with Gasteiger partial charge in [-0.2, -0.15) is 0 Å². The van der Waals surface area contributed by atoms with E-state index in [2.05, 4.69) is 197 Å². The van der Waals surface area contributed by atoms with Crippen LogP contribution in [-0.4, -0.2) is 95.9 Å². The molecule has 0 aromatic rings. The van der Waals surface area contributed by atoms with Gasteiger partial charge in [0.1, 0.15) is 25.4 Å². The van der Waals surface area contributed by atoms with Gasteiger partial charge in [-0.1, -0.05) is 389 Å². The Kier molecular flexibility index (Phi) is 87.3. The topological polar surface area (TPSA) is 231 Å². The van der Waals surface area contributed by atoms with E-state index in [0.29, 0.717) is 25.7 Å². The molecule has 0 fully saturated rings. The average Bonchev–Trinajstić information content (AvgIpc) is 0.941. The van der Waals surface area contributed by atoms with Gasteiger partial charge in [-0.3, -0.25) is 32.5 Å². The minimum Gasteiger partial charge on any atom is -0.463 e. The van der Waals surface area contributed by atoms with Crippen molar-refractivity contribution in [1.82, 2.24) is 0 Å². The van der Waals surface area contributed by atoms with E-state index in [1.807, 2.05) is 18.2 Å². The van der Waals surface area contributed by atoms with Crippen LogP contribution in [-0.2, 0) is 55.8 Å². The summed E-state index contributed by atoms with van der Waals surface area (Å²) in [7, 11) is -9.84. The normalized spacial score (nSPS) is 14.6. The highest BCUT2D eigenvalue weighted by molar-refractivity contribution is 7.47. The van der Waals surface area contributed by atoms with E-state index in [-0.39, 0.29) is 19.3 Å². The van der Waals surface area contributed by atoms with Gasteiger partial charge in [0, 0.05) is 19.3 Å². The molecule has 0 heterocycles. The first-order chi connectivity index (χ1) is 58.2. The highest BCUT2D eigenvalue weighted by Crippen LogP contribution is 2.45. The number of aliphatic hydroxyl groups excluding tert-OH is 2. The number of phosphoric acid groups is 2. The molecule has 5 unspecified atom stereocenters. The lowest BCUT2D eigenvalue weighted by molar-refractivity contribution is -0.161. The average molecular weight is 1700 g/mol. The van der Waals surface area contributed by atoms with Gasteiger partial charge >= 0.3 is 33.6 Å². The van der Waals surface area contributed by atoms with Crippen LogP contribution in [0.2, 0.25) is 0 Å². The summed E-state index contributed by atoms with van der Waals surface area (Å²) in [6.07, 6.45) is 122. The summed E-state index contributed by atoms with van der Waals surface area (Å²) in [5.41, 5.74) is 0. The molecule has 0 aliphatic rings. The molecule has 0 radical (unpaired) electrons. The summed E-state index contributed by atoms with van der Waals surface area (Å²) in [5, 5.41) is 20.7. The Labute approximate surface area is 725 Å². The Morgan fingerprint density at radius 2 is 0.462 bits per heavy atom. The molecule has 18 heteroatoms. The molecule has 5 atom stereocenters. The lowest BCUT2D eigenvalue weighted by atomic mass is 10.0. The third-order valence-corrected chi connectivity index (χ3v) is 21.2. The second kappa shape index (κ2) is 91.6. The van der Waals surface area contributed by atoms with E-state index in [4.69, 9.17) is 32.3 Å². The lowest BCUT2D eigenvalue weighted by Gasteiger charge is -2.21. The van der Waals surface area contributed by atoms with Crippen molar-refractivity contribution in [2.45, 2.75) is 386 Å². The maximum Gasteiger partial charge on any atom is 0.472 e. The van der Waals surface area contributed by atoms with E-state index in [1.54, 1.807) is 0 Å². The van der Waals surface area contributed by atoms with Gasteiger partial charge in [0.2, 0.25) is 0 Å². The third-order valence-electron chi connectivity index (χ3n) is 19.3. The molecule has 0 aliphatic carbocycles. The highest BCUT2D eigenvalue weighted by Gasteiger charge is 2.29. The number of allylic oxidation sites excluding steroid dienone is 32. The van der Waals surface area contributed by atoms with Crippen molar-refractivity contribution < 1.29 is 75.8 Å². The SMILES string of the molecule is CC/C=C\C/C=C\C/C=C\C/C=C\C/C=C\C/C=C\CCCCCCCCCCCCCCCCC(=O)OCC(O)COP(=O)(O)OCC(O)COP(=O)(O)OCC(COC(=O)CCCCCCCCCCCCCCCCC/C=C\C/C=C\C/C=C\C/C=C\CCCCC)OC(=O)CC/C=C\C/C=C\C/C=C\C/C=C\C/C=C\C/C=C\CC. The number of hydrogen-bond donors (Lipinski definition) is 4. The monoisotopic (exact) mass is 1700 g/mol. The molecule has 0 saturated carbocycles. The summed E-state index contributed by atoms with van der Waals surface area (Å²) in [4.78, 5) is 58.9. The smallest absolute Gasteiger partial charge is 0.463 e. The minimum absolute atomic E-state index is 0.0253. The fourth-order valence-corrected chi connectivity index (χ4v) is 13.9. The summed E-state index contributed by atoms with van der Waals surface area (Å²) < 4.78 is 61.4. The molecule has 0 aliphatic heterocycles. The van der Waals surface area contributed by atoms with E-state index in [1.165, 1.54) is 161 Å². The van der Waals surface area contributed by atoms with Gasteiger partial charge < -0.3 is 34.2 Å². The molecule has 119 heavy (non-hydrogen) atoms. The van der Waals surface area contributed by atoms with Gasteiger partial charge in [0.25, 0.3) is 0 Å². The lowest BCUT2D eigenvalue weighted by Crippen LogP contribution is -2.29. The molecular formula is C101H168O16P2. The van der Waals surface area contributed by atoms with Crippen molar-refractivity contribution in [3.8, 4) is 0 Å². The minimum atomic E-state index is -4.97. The number of phosphoric ester groups is 2. The first-order valence-electron chi connectivity index (χ1n) is 46.7. The molecule has 678 valence electrons. The van der Waals surface area contributed by atoms with Gasteiger partial charge in [0.05, 0.1) is 26.4 Å². The van der Waals surface area contributed by atoms with E-state index in [0.717, 1.165) is 141 Å². The number of carbonyl (C=O) groups excluding carboxylic acids is 3. The van der Waals surface area contributed by atoms with E-state index in [9.17, 15) is 43.5 Å². The van der Waals surface area contributed by atoms with Gasteiger partial charge in [-0.25, -0.2) is 9.13 Å². The Morgan fingerprint density at radius 1 is 0.244 bits per heavy atom. The van der Waals surface area contributed by atoms with Crippen LogP contribution in [0.3, 0.4) is 0 Å². The molecule has 0 saturated heterocycles. The molecule has 0 spiro atoms. The van der Waals surface area contributed by atoms with Crippen LogP contribution in [0.15, 0.2) is 194 Å². The van der Waals surface area contributed by atoms with E-state index >= 15 is 0 Å². The second-order valence-corrected chi connectivity index (χ2v) is 33.6. The first kappa shape index (κ1) is 113. The molecule has 16 nitrogen and oxygen atoms in total. The Hall–Kier alpha value is -5.61. The Morgan fingerprint density at radius 3 is 0.739 bits per heavy atom. The molecule has 0 amide bonds. The molecule has 0 rings (SSSR count). The first-order valence-corrected chi connectivity index (χ1v) is 49.7. The molecule has 0 aromatic heterocycles. The summed E-state index contributed by atoms with van der Waals surface area (Å²) in [6.45, 7) is 2.36. The number of carbonyl (C=O) groups is 3. The summed E-state index contributed by atoms with van der Waals surface area (Å²) >= 11 is 0. The zero-order valence-electron chi connectivity index (χ0n) is 74.7. The van der Waals surface area contributed by atoms with Crippen molar-refractivity contribution in [3.63, 3.8) is 0 Å². The quantitative estimate of drug-likeness (QED) is 0.0146. The fourth-order valence-electron chi connectivity index (χ4n) is 12.3. The van der Waals surface area contributed by atoms with Crippen LogP contribution >= 0.6 is 15.6 Å². The molecule has 4 N–H and O–H groups in total. The zero-order chi connectivity index (χ0) is 86.5.